The van der Waals surface area contributed by atoms with Crippen LogP contribution in [-0.4, -0.2) is 21.9 Å². The quantitative estimate of drug-likeness (QED) is 0.464. The summed E-state index contributed by atoms with van der Waals surface area (Å²) < 4.78 is 20.9. The topological polar surface area (TPSA) is 74.4 Å². The summed E-state index contributed by atoms with van der Waals surface area (Å²) >= 11 is 0. The minimum atomic E-state index is -0.869. The summed E-state index contributed by atoms with van der Waals surface area (Å²) in [5.41, 5.74) is 1.97. The number of hydrogen-bond acceptors (Lipinski definition) is 4. The third-order valence-electron chi connectivity index (χ3n) is 3.68. The van der Waals surface area contributed by atoms with Crippen LogP contribution in [0.4, 0.5) is 10.1 Å². The second kappa shape index (κ2) is 6.60. The maximum absolute atomic E-state index is 13.7. The fourth-order valence-corrected chi connectivity index (χ4v) is 2.51. The maximum atomic E-state index is 13.7. The first-order chi connectivity index (χ1) is 10.8. The number of nitro benzene ring substituents is 1. The highest BCUT2D eigenvalue weighted by Crippen LogP contribution is 2.23. The highest BCUT2D eigenvalue weighted by molar-refractivity contribution is 5.98. The molecule has 1 aromatic carbocycles. The molecule has 7 heteroatoms. The summed E-state index contributed by atoms with van der Waals surface area (Å²) in [6.07, 6.45) is 0. The van der Waals surface area contributed by atoms with E-state index < -0.39 is 10.7 Å². The lowest BCUT2D eigenvalue weighted by Crippen LogP contribution is -2.13. The first-order valence-electron chi connectivity index (χ1n) is 7.11. The molecule has 1 heterocycles. The average Bonchev–Trinajstić information content (AvgIpc) is 2.79. The largest absolute Gasteiger partial charge is 0.482 e. The molecule has 2 aromatic rings. The predicted octanol–water partition coefficient (Wildman–Crippen LogP) is 3.43. The van der Waals surface area contributed by atoms with Gasteiger partial charge in [-0.25, -0.2) is 4.39 Å². The second-order valence-electron chi connectivity index (χ2n) is 5.11. The van der Waals surface area contributed by atoms with Gasteiger partial charge in [-0.05, 0) is 32.9 Å². The van der Waals surface area contributed by atoms with Gasteiger partial charge in [-0.15, -0.1) is 0 Å². The van der Waals surface area contributed by atoms with E-state index in [0.29, 0.717) is 5.56 Å². The molecule has 0 aliphatic heterocycles. The van der Waals surface area contributed by atoms with Crippen LogP contribution < -0.4 is 4.74 Å². The zero-order chi connectivity index (χ0) is 17.1. The summed E-state index contributed by atoms with van der Waals surface area (Å²) in [6.45, 7) is 6.16. The van der Waals surface area contributed by atoms with Gasteiger partial charge in [0, 0.05) is 29.6 Å². The number of halogens is 1. The number of ether oxygens (including phenoxy) is 1. The minimum Gasteiger partial charge on any atom is -0.482 e. The summed E-state index contributed by atoms with van der Waals surface area (Å²) in [5.74, 6) is -1.32. The molecule has 0 aliphatic rings. The molecule has 0 atom stereocenters. The van der Waals surface area contributed by atoms with Gasteiger partial charge in [0.1, 0.15) is 0 Å². The van der Waals surface area contributed by atoms with Gasteiger partial charge in [-0.3, -0.25) is 14.9 Å². The molecule has 0 amide bonds. The Hall–Kier alpha value is -2.70. The zero-order valence-corrected chi connectivity index (χ0v) is 13.1. The van der Waals surface area contributed by atoms with Crippen LogP contribution in [0.1, 0.15) is 28.7 Å². The van der Waals surface area contributed by atoms with Gasteiger partial charge in [0.25, 0.3) is 5.69 Å². The number of Topliss-reactive ketones (excluding diaryl/α,β-unsaturated/α-hetero) is 1. The summed E-state index contributed by atoms with van der Waals surface area (Å²) in [7, 11) is 0. The van der Waals surface area contributed by atoms with Gasteiger partial charge in [0.2, 0.25) is 5.78 Å². The molecule has 0 N–H and O–H groups in total. The van der Waals surface area contributed by atoms with Crippen molar-refractivity contribution >= 4 is 11.5 Å². The van der Waals surface area contributed by atoms with E-state index in [-0.39, 0.29) is 23.8 Å². The molecular formula is C16H17FN2O4. The van der Waals surface area contributed by atoms with Gasteiger partial charge in [-0.2, -0.15) is 0 Å². The Morgan fingerprint density at radius 3 is 2.57 bits per heavy atom. The van der Waals surface area contributed by atoms with Gasteiger partial charge in [0.05, 0.1) is 11.0 Å². The zero-order valence-electron chi connectivity index (χ0n) is 13.1. The fraction of sp³-hybridized carbons (Fsp3) is 0.312. The number of benzene rings is 1. The van der Waals surface area contributed by atoms with Crippen molar-refractivity contribution in [3.8, 4) is 5.75 Å². The van der Waals surface area contributed by atoms with Crippen molar-refractivity contribution < 1.29 is 18.8 Å². The molecule has 0 spiro atoms. The van der Waals surface area contributed by atoms with Crippen molar-refractivity contribution in [2.24, 2.45) is 0 Å². The molecular weight excluding hydrogens is 303 g/mol. The molecule has 0 unspecified atom stereocenters. The molecule has 0 saturated heterocycles. The fourth-order valence-electron chi connectivity index (χ4n) is 2.51. The number of rotatable bonds is 6. The lowest BCUT2D eigenvalue weighted by Gasteiger charge is -2.07. The Morgan fingerprint density at radius 1 is 1.35 bits per heavy atom. The SMILES string of the molecule is CCn1c(C)cc(C(=O)COc2ccc([N+](=O)[O-])cc2F)c1C. The van der Waals surface area contributed by atoms with Crippen LogP contribution in [0.15, 0.2) is 24.3 Å². The van der Waals surface area contributed by atoms with Gasteiger partial charge < -0.3 is 9.30 Å². The maximum Gasteiger partial charge on any atom is 0.272 e. The van der Waals surface area contributed by atoms with Crippen molar-refractivity contribution in [2.45, 2.75) is 27.3 Å². The van der Waals surface area contributed by atoms with E-state index in [9.17, 15) is 19.3 Å². The van der Waals surface area contributed by atoms with E-state index in [1.807, 2.05) is 25.3 Å². The summed E-state index contributed by atoms with van der Waals surface area (Å²) in [6, 6.07) is 4.82. The molecule has 6 nitrogen and oxygen atoms in total. The van der Waals surface area contributed by atoms with Crippen molar-refractivity contribution in [1.82, 2.24) is 4.57 Å². The van der Waals surface area contributed by atoms with Crippen LogP contribution in [0.3, 0.4) is 0 Å². The number of carbonyl (C=O) groups excluding carboxylic acids is 1. The number of carbonyl (C=O) groups is 1. The Bertz CT molecular complexity index is 768. The van der Waals surface area contributed by atoms with Crippen LogP contribution in [0.2, 0.25) is 0 Å². The first-order valence-corrected chi connectivity index (χ1v) is 7.11. The van der Waals surface area contributed by atoms with E-state index in [4.69, 9.17) is 4.74 Å². The average molecular weight is 320 g/mol. The normalized spacial score (nSPS) is 10.6. The van der Waals surface area contributed by atoms with E-state index in [0.717, 1.165) is 36.1 Å². The van der Waals surface area contributed by atoms with Gasteiger partial charge in [0.15, 0.2) is 18.2 Å². The monoisotopic (exact) mass is 320 g/mol. The minimum absolute atomic E-state index is 0.187. The van der Waals surface area contributed by atoms with Crippen molar-refractivity contribution in [1.29, 1.82) is 0 Å². The van der Waals surface area contributed by atoms with Crippen molar-refractivity contribution in [3.05, 3.63) is 57.1 Å². The molecule has 0 saturated carbocycles. The predicted molar refractivity (Wildman–Crippen MR) is 82.5 cm³/mol. The lowest BCUT2D eigenvalue weighted by molar-refractivity contribution is -0.385. The Balaban J connectivity index is 2.12. The second-order valence-corrected chi connectivity index (χ2v) is 5.11. The van der Waals surface area contributed by atoms with E-state index in [2.05, 4.69) is 0 Å². The number of ketones is 1. The molecule has 1 aromatic heterocycles. The van der Waals surface area contributed by atoms with Crippen LogP contribution in [0.5, 0.6) is 5.75 Å². The third kappa shape index (κ3) is 3.39. The molecule has 0 aliphatic carbocycles. The number of nitro groups is 1. The molecule has 23 heavy (non-hydrogen) atoms. The van der Waals surface area contributed by atoms with Gasteiger partial charge in [-0.1, -0.05) is 0 Å². The van der Waals surface area contributed by atoms with Crippen LogP contribution in [0, 0.1) is 29.8 Å². The molecule has 2 rings (SSSR count). The highest BCUT2D eigenvalue weighted by atomic mass is 19.1. The molecule has 0 bridgehead atoms. The molecule has 0 radical (unpaired) electrons. The molecule has 122 valence electrons. The number of aromatic nitrogens is 1. The van der Waals surface area contributed by atoms with E-state index in [1.54, 1.807) is 6.07 Å². The number of aryl methyl sites for hydroxylation is 1. The standard InChI is InChI=1S/C16H17FN2O4/c1-4-18-10(2)7-13(11(18)3)15(20)9-23-16-6-5-12(19(21)22)8-14(16)17/h5-8H,4,9H2,1-3H3. The summed E-state index contributed by atoms with van der Waals surface area (Å²) in [4.78, 5) is 22.1. The lowest BCUT2D eigenvalue weighted by atomic mass is 10.1. The number of hydrogen-bond donors (Lipinski definition) is 0. The summed E-state index contributed by atoms with van der Waals surface area (Å²) in [5, 5.41) is 10.6. The Morgan fingerprint density at radius 2 is 2.04 bits per heavy atom. The number of nitrogens with zero attached hydrogens (tertiary/aromatic N) is 2. The van der Waals surface area contributed by atoms with Gasteiger partial charge >= 0.3 is 0 Å². The third-order valence-corrected chi connectivity index (χ3v) is 3.68. The molecule has 0 fully saturated rings. The van der Waals surface area contributed by atoms with Crippen LogP contribution in [0.25, 0.3) is 0 Å². The highest BCUT2D eigenvalue weighted by Gasteiger charge is 2.17. The van der Waals surface area contributed by atoms with Crippen molar-refractivity contribution in [3.63, 3.8) is 0 Å². The number of non-ortho nitro benzene ring substituents is 1. The first kappa shape index (κ1) is 16.7. The van der Waals surface area contributed by atoms with Crippen molar-refractivity contribution in [2.75, 3.05) is 6.61 Å². The Kier molecular flexibility index (Phi) is 4.78. The van der Waals surface area contributed by atoms with Crippen LogP contribution >= 0.6 is 0 Å². The Labute approximate surface area is 132 Å². The van der Waals surface area contributed by atoms with E-state index in [1.165, 1.54) is 0 Å². The van der Waals surface area contributed by atoms with E-state index >= 15 is 0 Å². The smallest absolute Gasteiger partial charge is 0.272 e. The van der Waals surface area contributed by atoms with Crippen LogP contribution in [-0.2, 0) is 6.54 Å².